The van der Waals surface area contributed by atoms with Crippen molar-refractivity contribution in [3.8, 4) is 0 Å². The molecule has 8 heteroatoms. The second-order valence-electron chi connectivity index (χ2n) is 4.06. The van der Waals surface area contributed by atoms with Crippen molar-refractivity contribution >= 4 is 22.9 Å². The minimum Gasteiger partial charge on any atom is -0.397 e. The number of anilines is 1. The minimum atomic E-state index is -1.21. The zero-order valence-corrected chi connectivity index (χ0v) is 10.1. The lowest BCUT2D eigenvalue weighted by Crippen LogP contribution is -2.32. The van der Waals surface area contributed by atoms with Gasteiger partial charge in [-0.05, 0) is 5.38 Å². The van der Waals surface area contributed by atoms with Gasteiger partial charge >= 0.3 is 0 Å². The summed E-state index contributed by atoms with van der Waals surface area (Å²) in [6.07, 6.45) is -4.15. The largest absolute Gasteiger partial charge is 0.397 e. The maximum atomic E-state index is 11.1. The molecule has 1 aliphatic heterocycles. The second kappa shape index (κ2) is 4.82. The summed E-state index contributed by atoms with van der Waals surface area (Å²) >= 11 is 1.05. The maximum Gasteiger partial charge on any atom is 0.260 e. The zero-order valence-electron chi connectivity index (χ0n) is 9.31. The smallest absolute Gasteiger partial charge is 0.260 e. The molecule has 0 unspecified atom stereocenters. The number of amides is 1. The highest BCUT2D eigenvalue weighted by molar-refractivity contribution is 7.12. The highest BCUT2D eigenvalue weighted by Crippen LogP contribution is 2.39. The van der Waals surface area contributed by atoms with E-state index in [2.05, 4.69) is 0 Å². The average molecular weight is 274 g/mol. The lowest BCUT2D eigenvalue weighted by molar-refractivity contribution is -0.0224. The molecular formula is C10H14N2O5S. The Bertz CT molecular complexity index is 463. The summed E-state index contributed by atoms with van der Waals surface area (Å²) in [6.45, 7) is -0.415. The van der Waals surface area contributed by atoms with E-state index in [9.17, 15) is 15.0 Å². The molecule has 4 atom stereocenters. The third-order valence-corrected chi connectivity index (χ3v) is 3.96. The van der Waals surface area contributed by atoms with Gasteiger partial charge in [0.1, 0.15) is 29.3 Å². The Morgan fingerprint density at radius 1 is 1.44 bits per heavy atom. The molecule has 0 bridgehead atoms. The third-order valence-electron chi connectivity index (χ3n) is 2.93. The quantitative estimate of drug-likeness (QED) is 0.458. The minimum absolute atomic E-state index is 0.141. The number of aliphatic hydroxyl groups excluding tert-OH is 3. The Hall–Kier alpha value is -1.19. The molecule has 2 rings (SSSR count). The van der Waals surface area contributed by atoms with E-state index in [1.54, 1.807) is 5.38 Å². The number of aliphatic hydroxyl groups is 3. The number of primary amides is 1. The Kier molecular flexibility index (Phi) is 3.55. The van der Waals surface area contributed by atoms with Gasteiger partial charge in [-0.25, -0.2) is 0 Å². The molecule has 7 nitrogen and oxygen atoms in total. The van der Waals surface area contributed by atoms with Crippen LogP contribution in [0.5, 0.6) is 0 Å². The van der Waals surface area contributed by atoms with Gasteiger partial charge in [0.25, 0.3) is 5.91 Å². The Labute approximate surface area is 107 Å². The number of carbonyl (C=O) groups excluding carboxylic acids is 1. The van der Waals surface area contributed by atoms with E-state index in [0.717, 1.165) is 11.3 Å². The lowest BCUT2D eigenvalue weighted by atomic mass is 10.0. The number of carbonyl (C=O) groups is 1. The first kappa shape index (κ1) is 13.2. The van der Waals surface area contributed by atoms with E-state index >= 15 is 0 Å². The number of rotatable bonds is 3. The van der Waals surface area contributed by atoms with Crippen molar-refractivity contribution in [2.24, 2.45) is 5.73 Å². The van der Waals surface area contributed by atoms with Gasteiger partial charge in [0, 0.05) is 5.56 Å². The molecule has 1 fully saturated rings. The van der Waals surface area contributed by atoms with Crippen LogP contribution >= 0.6 is 11.3 Å². The van der Waals surface area contributed by atoms with Crippen molar-refractivity contribution in [3.63, 3.8) is 0 Å². The van der Waals surface area contributed by atoms with Crippen LogP contribution < -0.4 is 11.5 Å². The molecule has 1 aromatic heterocycles. The molecule has 1 amide bonds. The fraction of sp³-hybridized carbons (Fsp3) is 0.500. The molecule has 0 spiro atoms. The van der Waals surface area contributed by atoms with E-state index in [4.69, 9.17) is 21.3 Å². The van der Waals surface area contributed by atoms with E-state index in [0.29, 0.717) is 5.56 Å². The van der Waals surface area contributed by atoms with Crippen molar-refractivity contribution in [3.05, 3.63) is 15.8 Å². The number of nitrogen functional groups attached to an aromatic ring is 1. The third kappa shape index (κ3) is 1.98. The Morgan fingerprint density at radius 3 is 2.56 bits per heavy atom. The van der Waals surface area contributed by atoms with Gasteiger partial charge < -0.3 is 31.5 Å². The van der Waals surface area contributed by atoms with E-state index in [-0.39, 0.29) is 10.6 Å². The summed E-state index contributed by atoms with van der Waals surface area (Å²) < 4.78 is 5.32. The molecule has 0 saturated carbocycles. The van der Waals surface area contributed by atoms with E-state index in [1.165, 1.54) is 0 Å². The zero-order chi connectivity index (χ0) is 13.4. The molecule has 7 N–H and O–H groups in total. The van der Waals surface area contributed by atoms with Gasteiger partial charge in [0.15, 0.2) is 0 Å². The SMILES string of the molecule is NC(=O)c1scc([C@H]2O[C@H](CO)[C@@H](O)[C@H]2O)c1N. The predicted molar refractivity (Wildman–Crippen MR) is 64.0 cm³/mol. The first-order chi connectivity index (χ1) is 8.47. The van der Waals surface area contributed by atoms with Crippen LogP contribution in [0.2, 0.25) is 0 Å². The van der Waals surface area contributed by atoms with Gasteiger partial charge in [-0.15, -0.1) is 11.3 Å². The fourth-order valence-electron chi connectivity index (χ4n) is 1.95. The Morgan fingerprint density at radius 2 is 2.11 bits per heavy atom. The summed E-state index contributed by atoms with van der Waals surface area (Å²) in [5.74, 6) is -0.657. The predicted octanol–water partition coefficient (Wildman–Crippen LogP) is -1.42. The number of hydrogen-bond acceptors (Lipinski definition) is 7. The highest BCUT2D eigenvalue weighted by atomic mass is 32.1. The van der Waals surface area contributed by atoms with Crippen molar-refractivity contribution in [1.82, 2.24) is 0 Å². The molecule has 1 saturated heterocycles. The molecular weight excluding hydrogens is 260 g/mol. The number of nitrogens with two attached hydrogens (primary N) is 2. The van der Waals surface area contributed by atoms with Crippen LogP contribution in [0.4, 0.5) is 5.69 Å². The van der Waals surface area contributed by atoms with Crippen molar-refractivity contribution in [1.29, 1.82) is 0 Å². The molecule has 2 heterocycles. The maximum absolute atomic E-state index is 11.1. The van der Waals surface area contributed by atoms with Gasteiger partial charge in [-0.2, -0.15) is 0 Å². The van der Waals surface area contributed by atoms with Crippen LogP contribution in [0.1, 0.15) is 21.3 Å². The van der Waals surface area contributed by atoms with Crippen LogP contribution in [-0.2, 0) is 4.74 Å². The molecule has 1 aromatic rings. The standard InChI is InChI=1S/C10H14N2O5S/c11-5-3(2-18-9(5)10(12)16)8-7(15)6(14)4(1-13)17-8/h2,4,6-8,13-15H,1,11H2,(H2,12,16)/t4-,6-,7-,8-/m1/s1. The normalized spacial score (nSPS) is 31.7. The van der Waals surface area contributed by atoms with Gasteiger partial charge in [0.2, 0.25) is 0 Å². The molecule has 0 aromatic carbocycles. The molecule has 0 aliphatic carbocycles. The molecule has 100 valence electrons. The van der Waals surface area contributed by atoms with Gasteiger partial charge in [-0.1, -0.05) is 0 Å². The first-order valence-corrected chi connectivity index (χ1v) is 6.14. The highest BCUT2D eigenvalue weighted by Gasteiger charge is 2.44. The second-order valence-corrected chi connectivity index (χ2v) is 4.94. The van der Waals surface area contributed by atoms with Crippen molar-refractivity contribution in [2.45, 2.75) is 24.4 Å². The van der Waals surface area contributed by atoms with Crippen LogP contribution in [0, 0.1) is 0 Å². The van der Waals surface area contributed by atoms with Crippen LogP contribution in [0.25, 0.3) is 0 Å². The van der Waals surface area contributed by atoms with Crippen molar-refractivity contribution in [2.75, 3.05) is 12.3 Å². The van der Waals surface area contributed by atoms with Gasteiger partial charge in [-0.3, -0.25) is 4.79 Å². The number of hydrogen-bond donors (Lipinski definition) is 5. The van der Waals surface area contributed by atoms with Crippen LogP contribution in [0.15, 0.2) is 5.38 Å². The molecule has 18 heavy (non-hydrogen) atoms. The van der Waals surface area contributed by atoms with E-state index < -0.39 is 36.9 Å². The van der Waals surface area contributed by atoms with Gasteiger partial charge in [0.05, 0.1) is 12.3 Å². The van der Waals surface area contributed by atoms with E-state index in [1.807, 2.05) is 0 Å². The number of thiophene rings is 1. The summed E-state index contributed by atoms with van der Waals surface area (Å²) in [7, 11) is 0. The fourth-order valence-corrected chi connectivity index (χ4v) is 2.82. The molecule has 0 radical (unpaired) electrons. The monoisotopic (exact) mass is 274 g/mol. The average Bonchev–Trinajstić information content (AvgIpc) is 2.82. The summed E-state index contributed by atoms with van der Waals surface area (Å²) in [5.41, 5.74) is 11.4. The molecule has 1 aliphatic rings. The first-order valence-electron chi connectivity index (χ1n) is 5.26. The summed E-state index contributed by atoms with van der Waals surface area (Å²) in [5, 5.41) is 30.0. The van der Waals surface area contributed by atoms with Crippen molar-refractivity contribution < 1.29 is 24.9 Å². The lowest BCUT2D eigenvalue weighted by Gasteiger charge is -2.14. The van der Waals surface area contributed by atoms with Crippen LogP contribution in [0.3, 0.4) is 0 Å². The topological polar surface area (TPSA) is 139 Å². The Balaban J connectivity index is 2.30. The summed E-state index contributed by atoms with van der Waals surface area (Å²) in [4.78, 5) is 11.3. The van der Waals surface area contributed by atoms with Crippen LogP contribution in [-0.4, -0.2) is 46.1 Å². The number of ether oxygens (including phenoxy) is 1. The summed E-state index contributed by atoms with van der Waals surface area (Å²) in [6, 6.07) is 0.